The van der Waals surface area contributed by atoms with Gasteiger partial charge in [-0.2, -0.15) is 0 Å². The van der Waals surface area contributed by atoms with Crippen LogP contribution in [-0.2, 0) is 28.4 Å². The Kier molecular flexibility index (Phi) is 25.5. The number of rotatable bonds is 21. The first kappa shape index (κ1) is 88.9. The van der Waals surface area contributed by atoms with Crippen molar-refractivity contribution < 1.29 is 279 Å². The van der Waals surface area contributed by atoms with Gasteiger partial charge in [-0.05, 0) is 121 Å². The second-order valence-electron chi connectivity index (χ2n) is 25.1. The molecule has 1 saturated heterocycles. The molecule has 47 heteroatoms. The molecule has 1 heterocycles. The topological polar surface area (TPSA) is 778 Å². The summed E-state index contributed by atoms with van der Waals surface area (Å²) in [5.41, 5.74) is -9.89. The van der Waals surface area contributed by atoms with Crippen LogP contribution >= 0.6 is 0 Å². The van der Waals surface area contributed by atoms with E-state index in [-0.39, 0.29) is 51.4 Å². The zero-order valence-electron chi connectivity index (χ0n) is 60.9. The number of carbonyl (C=O) groups excluding carboxylic acids is 10. The van der Waals surface area contributed by atoms with Crippen LogP contribution in [0.25, 0.3) is 0 Å². The van der Waals surface area contributed by atoms with E-state index >= 15 is 14.4 Å². The van der Waals surface area contributed by atoms with Gasteiger partial charge >= 0.3 is 111 Å². The molecule has 0 spiro atoms. The molecule has 46 nitrogen and oxygen atoms in total. The molecule has 632 valence electrons. The molecule has 1 aliphatic rings. The quantitative estimate of drug-likeness (QED) is 0.0160. The summed E-state index contributed by atoms with van der Waals surface area (Å²) in [5, 5.41) is 261. The van der Waals surface area contributed by atoms with Crippen molar-refractivity contribution in [2.45, 2.75) is 30.7 Å². The Balaban J connectivity index is 0.0000158. The first-order valence-electron chi connectivity index (χ1n) is 33.2. The number of phenols is 25. The molecule has 25 N–H and O–H groups in total. The molecule has 0 aliphatic carbocycles. The van der Waals surface area contributed by atoms with Gasteiger partial charge in [0.05, 0.1) is 55.6 Å². The number of carbonyl (C=O) groups is 10. The van der Waals surface area contributed by atoms with Gasteiger partial charge in [0, 0.05) is 0 Å². The standard InChI is InChI=1S/C76H52O46.K/c77-32-1-22(2-33(78)53(32)92)67(103)113-47-16-27(11-42(87)58(47)97)66(102)112-21-52-63(119-72(108)28-12-43(88)59(98)48(17-28)114-68(104)23-3-34(79)54(93)35(80)4-23)64(120-73(109)29-13-44(89)60(99)49(18-29)115-69(105)24-5-36(81)55(94)37(82)6-24)65(121-74(110)30-14-45(90)61(100)50(19-30)116-70(106)25-7-38(83)56(95)39(84)8-25)76(118-52)122-75(111)31-15-46(91)62(101)51(20-31)117-71(107)26-9-40(85)57(96)41(86)10-26;/h1-20,52,63-65,76-101H,21H2;/q;+1/t52-,63-,64+,65-,76+;/m1./s1. The minimum atomic E-state index is -3.12. The summed E-state index contributed by atoms with van der Waals surface area (Å²) in [6, 6.07) is 8.56. The third kappa shape index (κ3) is 18.9. The van der Waals surface area contributed by atoms with E-state index in [0.717, 1.165) is 0 Å². The van der Waals surface area contributed by atoms with Crippen LogP contribution in [0.1, 0.15) is 104 Å². The summed E-state index contributed by atoms with van der Waals surface area (Å²) < 4.78 is 60.4. The fourth-order valence-electron chi connectivity index (χ4n) is 10.8. The van der Waals surface area contributed by atoms with Gasteiger partial charge < -0.3 is 180 Å². The summed E-state index contributed by atoms with van der Waals surface area (Å²) >= 11 is 0. The summed E-state index contributed by atoms with van der Waals surface area (Å²) in [6.07, 6.45) is -15.1. The summed E-state index contributed by atoms with van der Waals surface area (Å²) in [4.78, 5) is 142. The van der Waals surface area contributed by atoms with Gasteiger partial charge in [0.15, 0.2) is 156 Å². The summed E-state index contributed by atoms with van der Waals surface area (Å²) in [7, 11) is 0. The SMILES string of the molecule is O=C(OC[C@H]1O[C@@H](OC(=O)c2cc(O)c(O)c(OC(=O)c3cc(O)c(O)c(O)c3)c2)[C@H](OC(=O)c2cc(O)c(O)c(OC(=O)c3cc(O)c(O)c(O)c3)c2)[C@@H](OC(=O)c2cc(O)c(O)c(OC(=O)c3cc(O)c(O)c(O)c3)c2)[C@@H]1OC(=O)c1cc(O)c(O)c(OC(=O)c2cc(O)c(O)c(O)c2)c1)c1cc(O)c(O)c(OC(=O)c2cc(O)c(O)c(O)c2)c1.[K+]. The maximum atomic E-state index is 15.3. The molecule has 1 fully saturated rings. The van der Waals surface area contributed by atoms with Gasteiger partial charge in [-0.25, -0.2) is 47.9 Å². The third-order valence-corrected chi connectivity index (χ3v) is 16.9. The number of esters is 10. The molecule has 123 heavy (non-hydrogen) atoms. The molecule has 0 bridgehead atoms. The Bertz CT molecular complexity index is 5980. The van der Waals surface area contributed by atoms with Crippen molar-refractivity contribution in [2.24, 2.45) is 0 Å². The van der Waals surface area contributed by atoms with Crippen LogP contribution in [0.4, 0.5) is 0 Å². The molecule has 0 unspecified atom stereocenters. The summed E-state index contributed by atoms with van der Waals surface area (Å²) in [5.74, 6) is -56.0. The molecule has 0 aromatic heterocycles. The van der Waals surface area contributed by atoms with Crippen LogP contribution in [0, 0.1) is 0 Å². The van der Waals surface area contributed by atoms with E-state index in [0.29, 0.717) is 121 Å². The number of hydrogen-bond acceptors (Lipinski definition) is 46. The van der Waals surface area contributed by atoms with Gasteiger partial charge in [-0.3, -0.25) is 0 Å². The Morgan fingerprint density at radius 2 is 0.382 bits per heavy atom. The Morgan fingerprint density at radius 1 is 0.211 bits per heavy atom. The number of benzene rings is 10. The molecule has 0 saturated carbocycles. The van der Waals surface area contributed by atoms with Crippen LogP contribution < -0.4 is 75.1 Å². The van der Waals surface area contributed by atoms with E-state index in [4.69, 9.17) is 52.1 Å². The minimum absolute atomic E-state index is 0. The third-order valence-electron chi connectivity index (χ3n) is 16.9. The van der Waals surface area contributed by atoms with Crippen molar-refractivity contribution in [1.29, 1.82) is 0 Å². The number of aromatic hydroxyl groups is 25. The van der Waals surface area contributed by atoms with Crippen LogP contribution in [0.3, 0.4) is 0 Å². The van der Waals surface area contributed by atoms with Crippen LogP contribution in [0.15, 0.2) is 121 Å². The van der Waals surface area contributed by atoms with E-state index in [1.54, 1.807) is 0 Å². The van der Waals surface area contributed by atoms with E-state index < -0.39 is 325 Å². The van der Waals surface area contributed by atoms with Gasteiger partial charge in [-0.1, -0.05) is 0 Å². The van der Waals surface area contributed by atoms with Crippen molar-refractivity contribution in [3.05, 3.63) is 177 Å². The van der Waals surface area contributed by atoms with Gasteiger partial charge in [-0.15, -0.1) is 0 Å². The number of ether oxygens (including phenoxy) is 11. The molecular weight excluding hydrogens is 1690 g/mol. The predicted molar refractivity (Wildman–Crippen MR) is 383 cm³/mol. The Labute approximate surface area is 720 Å². The number of phenolic OH excluding ortho intramolecular Hbond substituents is 25. The average molecular weight is 1740 g/mol. The Hall–Kier alpha value is -16.5. The van der Waals surface area contributed by atoms with E-state index in [1.807, 2.05) is 0 Å². The van der Waals surface area contributed by atoms with Crippen molar-refractivity contribution in [2.75, 3.05) is 6.61 Å². The molecule has 10 aromatic rings. The predicted octanol–water partition coefficient (Wildman–Crippen LogP) is 1.84. The fourth-order valence-corrected chi connectivity index (χ4v) is 10.8. The van der Waals surface area contributed by atoms with E-state index in [1.165, 1.54) is 0 Å². The molecule has 0 amide bonds. The van der Waals surface area contributed by atoms with Crippen molar-refractivity contribution in [3.8, 4) is 172 Å². The molecule has 5 atom stereocenters. The van der Waals surface area contributed by atoms with Gasteiger partial charge in [0.1, 0.15) is 12.7 Å². The van der Waals surface area contributed by atoms with E-state index in [9.17, 15) is 161 Å². The molecule has 11 rings (SSSR count). The normalized spacial score (nSPS) is 14.5. The van der Waals surface area contributed by atoms with Crippen molar-refractivity contribution in [3.63, 3.8) is 0 Å². The minimum Gasteiger partial charge on any atom is -0.504 e. The first-order chi connectivity index (χ1) is 57.4. The van der Waals surface area contributed by atoms with Crippen LogP contribution in [0.2, 0.25) is 0 Å². The summed E-state index contributed by atoms with van der Waals surface area (Å²) in [6.45, 7) is -1.71. The van der Waals surface area contributed by atoms with Crippen LogP contribution in [0.5, 0.6) is 172 Å². The Morgan fingerprint density at radius 3 is 0.602 bits per heavy atom. The smallest absolute Gasteiger partial charge is 0.504 e. The maximum Gasteiger partial charge on any atom is 1.00 e. The monoisotopic (exact) mass is 1740 g/mol. The van der Waals surface area contributed by atoms with Crippen molar-refractivity contribution >= 4 is 59.7 Å². The van der Waals surface area contributed by atoms with Gasteiger partial charge in [0.2, 0.25) is 41.1 Å². The molecule has 1 aliphatic heterocycles. The molecule has 0 radical (unpaired) electrons. The largest absolute Gasteiger partial charge is 1.00 e. The van der Waals surface area contributed by atoms with Crippen LogP contribution in [-0.4, -0.2) is 225 Å². The average Bonchev–Trinajstić information content (AvgIpc) is 0.764. The maximum absolute atomic E-state index is 15.3. The fraction of sp³-hybridized carbons (Fsp3) is 0.0789. The van der Waals surface area contributed by atoms with Gasteiger partial charge in [0.25, 0.3) is 0 Å². The van der Waals surface area contributed by atoms with Crippen molar-refractivity contribution in [1.82, 2.24) is 0 Å². The zero-order valence-corrected chi connectivity index (χ0v) is 64.0. The molecule has 10 aromatic carbocycles. The second-order valence-corrected chi connectivity index (χ2v) is 25.1. The number of hydrogen-bond donors (Lipinski definition) is 25. The zero-order chi connectivity index (χ0) is 89.4. The second kappa shape index (κ2) is 35.4. The van der Waals surface area contributed by atoms with E-state index in [2.05, 4.69) is 0 Å². The molecular formula is C76H52KO46+. The first-order valence-corrected chi connectivity index (χ1v) is 33.2.